The van der Waals surface area contributed by atoms with Crippen molar-refractivity contribution >= 4 is 35.0 Å². The van der Waals surface area contributed by atoms with Crippen LogP contribution in [0.2, 0.25) is 5.02 Å². The minimum Gasteiger partial charge on any atom is -0.372 e. The Morgan fingerprint density at radius 1 is 1.12 bits per heavy atom. The van der Waals surface area contributed by atoms with Gasteiger partial charge in [-0.15, -0.1) is 0 Å². The van der Waals surface area contributed by atoms with Crippen LogP contribution < -0.4 is 10.2 Å². The highest BCUT2D eigenvalue weighted by Gasteiger charge is 2.12. The Balaban J connectivity index is 1.71. The Kier molecular flexibility index (Phi) is 5.93. The molecule has 132 valence electrons. The van der Waals surface area contributed by atoms with Crippen LogP contribution >= 0.6 is 11.6 Å². The molecule has 1 heterocycles. The number of nitrogens with one attached hydrogen (secondary N) is 1. The van der Waals surface area contributed by atoms with Crippen LogP contribution in [-0.4, -0.2) is 19.0 Å². The average Bonchev–Trinajstić information content (AvgIpc) is 2.67. The van der Waals surface area contributed by atoms with E-state index in [2.05, 4.69) is 10.2 Å². The molecule has 1 fully saturated rings. The smallest absolute Gasteiger partial charge is 0.266 e. The van der Waals surface area contributed by atoms with Gasteiger partial charge < -0.3 is 10.2 Å². The summed E-state index contributed by atoms with van der Waals surface area (Å²) in [6.07, 6.45) is 5.35. The van der Waals surface area contributed by atoms with Gasteiger partial charge in [-0.05, 0) is 61.2 Å². The summed E-state index contributed by atoms with van der Waals surface area (Å²) in [5.74, 6) is -0.449. The highest BCUT2D eigenvalue weighted by atomic mass is 35.5. The molecule has 2 aromatic carbocycles. The van der Waals surface area contributed by atoms with Crippen LogP contribution in [0, 0.1) is 11.3 Å². The Labute approximate surface area is 158 Å². The number of nitrogens with zero attached hydrogens (tertiary/aromatic N) is 2. The van der Waals surface area contributed by atoms with Gasteiger partial charge in [-0.3, -0.25) is 4.79 Å². The fourth-order valence-electron chi connectivity index (χ4n) is 3.01. The van der Waals surface area contributed by atoms with Crippen molar-refractivity contribution in [3.8, 4) is 6.07 Å². The molecule has 0 radical (unpaired) electrons. The molecule has 1 saturated heterocycles. The minimum absolute atomic E-state index is 0.0516. The number of hydrogen-bond donors (Lipinski definition) is 1. The van der Waals surface area contributed by atoms with E-state index in [0.29, 0.717) is 10.7 Å². The van der Waals surface area contributed by atoms with Crippen LogP contribution in [0.4, 0.5) is 11.4 Å². The number of anilines is 2. The maximum Gasteiger partial charge on any atom is 0.266 e. The predicted octanol–water partition coefficient (Wildman–Crippen LogP) is 4.88. The first kappa shape index (κ1) is 18.0. The molecule has 26 heavy (non-hydrogen) atoms. The number of piperidine rings is 1. The summed E-state index contributed by atoms with van der Waals surface area (Å²) in [6.45, 7) is 2.17. The van der Waals surface area contributed by atoms with E-state index in [1.165, 1.54) is 24.9 Å². The molecule has 0 aromatic heterocycles. The molecule has 1 aliphatic heterocycles. The van der Waals surface area contributed by atoms with Gasteiger partial charge in [0.25, 0.3) is 5.91 Å². The first-order valence-electron chi connectivity index (χ1n) is 8.69. The van der Waals surface area contributed by atoms with Gasteiger partial charge in [-0.2, -0.15) is 5.26 Å². The first-order chi connectivity index (χ1) is 12.7. The molecule has 1 amide bonds. The molecule has 2 aromatic rings. The second-order valence-corrected chi connectivity index (χ2v) is 6.71. The Morgan fingerprint density at radius 2 is 1.85 bits per heavy atom. The summed E-state index contributed by atoms with van der Waals surface area (Å²) in [5.41, 5.74) is 2.62. The summed E-state index contributed by atoms with van der Waals surface area (Å²) < 4.78 is 0. The van der Waals surface area contributed by atoms with E-state index >= 15 is 0 Å². The third-order valence-corrected chi connectivity index (χ3v) is 4.61. The maximum absolute atomic E-state index is 12.3. The van der Waals surface area contributed by atoms with E-state index in [-0.39, 0.29) is 5.57 Å². The molecule has 1 N–H and O–H groups in total. The van der Waals surface area contributed by atoms with Gasteiger partial charge in [0.15, 0.2) is 0 Å². The number of hydrogen-bond acceptors (Lipinski definition) is 3. The van der Waals surface area contributed by atoms with E-state index in [9.17, 15) is 10.1 Å². The number of amides is 1. The van der Waals surface area contributed by atoms with E-state index < -0.39 is 5.91 Å². The summed E-state index contributed by atoms with van der Waals surface area (Å²) in [4.78, 5) is 14.7. The van der Waals surface area contributed by atoms with Gasteiger partial charge in [0.05, 0.1) is 0 Å². The van der Waals surface area contributed by atoms with Gasteiger partial charge in [-0.1, -0.05) is 29.8 Å². The average molecular weight is 366 g/mol. The number of benzene rings is 2. The summed E-state index contributed by atoms with van der Waals surface area (Å²) >= 11 is 5.92. The monoisotopic (exact) mass is 365 g/mol. The Morgan fingerprint density at radius 3 is 2.50 bits per heavy atom. The van der Waals surface area contributed by atoms with Gasteiger partial charge >= 0.3 is 0 Å². The first-order valence-corrected chi connectivity index (χ1v) is 9.07. The molecule has 1 aliphatic rings. The Bertz CT molecular complexity index is 846. The van der Waals surface area contributed by atoms with Gasteiger partial charge in [-0.25, -0.2) is 0 Å². The van der Waals surface area contributed by atoms with Crippen molar-refractivity contribution in [3.63, 3.8) is 0 Å². The third-order valence-electron chi connectivity index (χ3n) is 4.37. The lowest BCUT2D eigenvalue weighted by atomic mass is 10.1. The molecule has 3 rings (SSSR count). The van der Waals surface area contributed by atoms with Gasteiger partial charge in [0, 0.05) is 29.5 Å². The van der Waals surface area contributed by atoms with Crippen molar-refractivity contribution < 1.29 is 4.79 Å². The van der Waals surface area contributed by atoms with Gasteiger partial charge in [0.2, 0.25) is 0 Å². The quantitative estimate of drug-likeness (QED) is 0.620. The zero-order valence-corrected chi connectivity index (χ0v) is 15.2. The molecule has 0 atom stereocenters. The van der Waals surface area contributed by atoms with E-state index in [0.717, 1.165) is 18.7 Å². The van der Waals surface area contributed by atoms with E-state index in [1.807, 2.05) is 30.3 Å². The number of rotatable bonds is 4. The minimum atomic E-state index is -0.449. The molecule has 0 bridgehead atoms. The standard InChI is InChI=1S/C21H20ClN3O/c22-18-5-4-6-19(14-18)24-21(26)17(15-23)13-16-7-9-20(10-8-16)25-11-2-1-3-12-25/h4-10,13-14H,1-3,11-12H2,(H,24,26)/b17-13+. The van der Waals surface area contributed by atoms with E-state index in [1.54, 1.807) is 30.3 Å². The van der Waals surface area contributed by atoms with Crippen LogP contribution in [-0.2, 0) is 4.79 Å². The number of carbonyl (C=O) groups excluding carboxylic acids is 1. The molecule has 5 heteroatoms. The lowest BCUT2D eigenvalue weighted by molar-refractivity contribution is -0.112. The second-order valence-electron chi connectivity index (χ2n) is 6.27. The molecule has 0 unspecified atom stereocenters. The van der Waals surface area contributed by atoms with Crippen LogP contribution in [0.5, 0.6) is 0 Å². The van der Waals surface area contributed by atoms with Crippen molar-refractivity contribution in [2.24, 2.45) is 0 Å². The second kappa shape index (κ2) is 8.55. The molecular weight excluding hydrogens is 346 g/mol. The van der Waals surface area contributed by atoms with Crippen LogP contribution in [0.3, 0.4) is 0 Å². The molecule has 0 saturated carbocycles. The van der Waals surface area contributed by atoms with Crippen molar-refractivity contribution in [1.82, 2.24) is 0 Å². The van der Waals surface area contributed by atoms with Crippen LogP contribution in [0.1, 0.15) is 24.8 Å². The normalized spacial score (nSPS) is 14.6. The molecular formula is C21H20ClN3O. The molecule has 0 aliphatic carbocycles. The maximum atomic E-state index is 12.3. The fourth-order valence-corrected chi connectivity index (χ4v) is 3.20. The van der Waals surface area contributed by atoms with Gasteiger partial charge in [0.1, 0.15) is 11.6 Å². The number of carbonyl (C=O) groups is 1. The van der Waals surface area contributed by atoms with Crippen molar-refractivity contribution in [2.45, 2.75) is 19.3 Å². The molecule has 0 spiro atoms. The van der Waals surface area contributed by atoms with E-state index in [4.69, 9.17) is 11.6 Å². The Hall–Kier alpha value is -2.77. The summed E-state index contributed by atoms with van der Waals surface area (Å²) in [5, 5.41) is 12.6. The largest absolute Gasteiger partial charge is 0.372 e. The van der Waals surface area contributed by atoms with Crippen molar-refractivity contribution in [2.75, 3.05) is 23.3 Å². The molecule has 4 nitrogen and oxygen atoms in total. The lowest BCUT2D eigenvalue weighted by Crippen LogP contribution is -2.29. The van der Waals surface area contributed by atoms with Crippen LogP contribution in [0.15, 0.2) is 54.1 Å². The SMILES string of the molecule is N#C/C(=C\c1ccc(N2CCCCC2)cc1)C(=O)Nc1cccc(Cl)c1. The number of halogens is 1. The number of nitriles is 1. The van der Waals surface area contributed by atoms with Crippen molar-refractivity contribution in [1.29, 1.82) is 5.26 Å². The van der Waals surface area contributed by atoms with Crippen LogP contribution in [0.25, 0.3) is 6.08 Å². The highest BCUT2D eigenvalue weighted by molar-refractivity contribution is 6.31. The lowest BCUT2D eigenvalue weighted by Gasteiger charge is -2.28. The summed E-state index contributed by atoms with van der Waals surface area (Å²) in [7, 11) is 0. The van der Waals surface area contributed by atoms with Crippen molar-refractivity contribution in [3.05, 3.63) is 64.7 Å². The predicted molar refractivity (Wildman–Crippen MR) is 106 cm³/mol. The zero-order chi connectivity index (χ0) is 18.4. The zero-order valence-electron chi connectivity index (χ0n) is 14.4. The third kappa shape index (κ3) is 4.65. The highest BCUT2D eigenvalue weighted by Crippen LogP contribution is 2.21. The summed E-state index contributed by atoms with van der Waals surface area (Å²) in [6, 6.07) is 16.8. The fraction of sp³-hybridized carbons (Fsp3) is 0.238. The topological polar surface area (TPSA) is 56.1 Å².